The molecule has 7 nitrogen and oxygen atoms in total. The van der Waals surface area contributed by atoms with Crippen LogP contribution in [0.3, 0.4) is 0 Å². The SMILES string of the molecule is CC1(C)CN(c2cc(Cl)nn3cncc23)CCN1S(C)(=O)=O. The summed E-state index contributed by atoms with van der Waals surface area (Å²) in [6, 6.07) is 1.80. The number of fused-ring (bicyclic) bond motifs is 1. The van der Waals surface area contributed by atoms with Crippen LogP contribution in [0.15, 0.2) is 18.6 Å². The number of aromatic nitrogens is 3. The number of piperazine rings is 1. The van der Waals surface area contributed by atoms with Gasteiger partial charge in [-0.05, 0) is 13.8 Å². The Morgan fingerprint density at radius 3 is 2.68 bits per heavy atom. The molecule has 0 unspecified atom stereocenters. The van der Waals surface area contributed by atoms with Gasteiger partial charge in [-0.1, -0.05) is 11.6 Å². The summed E-state index contributed by atoms with van der Waals surface area (Å²) in [5, 5.41) is 4.55. The zero-order valence-corrected chi connectivity index (χ0v) is 14.3. The second-order valence-electron chi connectivity index (χ2n) is 6.14. The Bertz CT molecular complexity index is 817. The maximum Gasteiger partial charge on any atom is 0.211 e. The molecule has 0 radical (unpaired) electrons. The third-order valence-corrected chi connectivity index (χ3v) is 5.57. The molecule has 0 bridgehead atoms. The minimum atomic E-state index is -3.23. The van der Waals surface area contributed by atoms with E-state index in [1.807, 2.05) is 13.8 Å². The molecule has 2 aromatic rings. The van der Waals surface area contributed by atoms with E-state index in [1.165, 1.54) is 6.26 Å². The largest absolute Gasteiger partial charge is 0.366 e. The van der Waals surface area contributed by atoms with Crippen molar-refractivity contribution in [1.29, 1.82) is 0 Å². The molecule has 2 aromatic heterocycles. The fourth-order valence-corrected chi connectivity index (χ4v) is 4.64. The van der Waals surface area contributed by atoms with E-state index in [0.717, 1.165) is 11.2 Å². The van der Waals surface area contributed by atoms with Gasteiger partial charge in [0, 0.05) is 31.2 Å². The Hall–Kier alpha value is -1.38. The molecular weight excluding hydrogens is 326 g/mol. The normalized spacial score (nSPS) is 19.7. The first-order valence-electron chi connectivity index (χ1n) is 6.90. The van der Waals surface area contributed by atoms with Gasteiger partial charge in [-0.25, -0.2) is 17.9 Å². The quantitative estimate of drug-likeness (QED) is 0.820. The van der Waals surface area contributed by atoms with Crippen LogP contribution in [0, 0.1) is 0 Å². The molecule has 120 valence electrons. The Morgan fingerprint density at radius 1 is 1.32 bits per heavy atom. The topological polar surface area (TPSA) is 70.8 Å². The van der Waals surface area contributed by atoms with E-state index in [4.69, 9.17) is 11.6 Å². The van der Waals surface area contributed by atoms with Crippen molar-refractivity contribution in [2.45, 2.75) is 19.4 Å². The van der Waals surface area contributed by atoms with Crippen LogP contribution in [-0.4, -0.2) is 58.8 Å². The van der Waals surface area contributed by atoms with Crippen LogP contribution >= 0.6 is 11.6 Å². The summed E-state index contributed by atoms with van der Waals surface area (Å²) in [5.74, 6) is 0. The molecule has 22 heavy (non-hydrogen) atoms. The lowest BCUT2D eigenvalue weighted by molar-refractivity contribution is 0.206. The highest BCUT2D eigenvalue weighted by molar-refractivity contribution is 7.88. The molecule has 3 rings (SSSR count). The second-order valence-corrected chi connectivity index (χ2v) is 8.44. The third kappa shape index (κ3) is 2.66. The number of hydrogen-bond donors (Lipinski definition) is 0. The molecule has 9 heteroatoms. The van der Waals surface area contributed by atoms with Crippen molar-refractivity contribution >= 4 is 32.8 Å². The fourth-order valence-electron chi connectivity index (χ4n) is 3.08. The number of imidazole rings is 1. The number of rotatable bonds is 2. The number of nitrogens with zero attached hydrogens (tertiary/aromatic N) is 5. The first-order valence-corrected chi connectivity index (χ1v) is 9.13. The van der Waals surface area contributed by atoms with Crippen LogP contribution in [-0.2, 0) is 10.0 Å². The number of anilines is 1. The van der Waals surface area contributed by atoms with E-state index >= 15 is 0 Å². The van der Waals surface area contributed by atoms with Crippen LogP contribution in [0.25, 0.3) is 5.52 Å². The summed E-state index contributed by atoms with van der Waals surface area (Å²) < 4.78 is 27.0. The summed E-state index contributed by atoms with van der Waals surface area (Å²) in [7, 11) is -3.23. The lowest BCUT2D eigenvalue weighted by Crippen LogP contribution is -2.60. The molecule has 1 fully saturated rings. The van der Waals surface area contributed by atoms with Gasteiger partial charge >= 0.3 is 0 Å². The predicted molar refractivity (Wildman–Crippen MR) is 85.8 cm³/mol. The Morgan fingerprint density at radius 2 is 2.05 bits per heavy atom. The summed E-state index contributed by atoms with van der Waals surface area (Å²) in [6.07, 6.45) is 4.58. The summed E-state index contributed by atoms with van der Waals surface area (Å²) in [5.41, 5.74) is 1.27. The molecule has 0 N–H and O–H groups in total. The van der Waals surface area contributed by atoms with Crippen molar-refractivity contribution < 1.29 is 8.42 Å². The second kappa shape index (κ2) is 5.07. The molecule has 1 aliphatic rings. The van der Waals surface area contributed by atoms with Gasteiger partial charge in [0.15, 0.2) is 5.15 Å². The molecule has 0 atom stereocenters. The van der Waals surface area contributed by atoms with Crippen molar-refractivity contribution in [1.82, 2.24) is 18.9 Å². The van der Waals surface area contributed by atoms with Crippen LogP contribution in [0.4, 0.5) is 5.69 Å². The van der Waals surface area contributed by atoms with E-state index in [9.17, 15) is 8.42 Å². The number of halogens is 1. The van der Waals surface area contributed by atoms with Crippen LogP contribution in [0.2, 0.25) is 5.15 Å². The molecule has 0 saturated carbocycles. The van der Waals surface area contributed by atoms with Gasteiger partial charge in [0.05, 0.1) is 18.1 Å². The Balaban J connectivity index is 1.99. The van der Waals surface area contributed by atoms with E-state index in [0.29, 0.717) is 24.8 Å². The van der Waals surface area contributed by atoms with Crippen molar-refractivity contribution in [3.05, 3.63) is 23.7 Å². The average Bonchev–Trinajstić information content (AvgIpc) is 2.82. The van der Waals surface area contributed by atoms with E-state index in [1.54, 1.807) is 27.4 Å². The first-order chi connectivity index (χ1) is 10.2. The smallest absolute Gasteiger partial charge is 0.211 e. The highest BCUT2D eigenvalue weighted by Crippen LogP contribution is 2.30. The van der Waals surface area contributed by atoms with Crippen LogP contribution in [0.5, 0.6) is 0 Å². The van der Waals surface area contributed by atoms with Gasteiger partial charge in [-0.15, -0.1) is 0 Å². The van der Waals surface area contributed by atoms with Gasteiger partial charge in [0.2, 0.25) is 10.0 Å². The van der Waals surface area contributed by atoms with Gasteiger partial charge in [0.1, 0.15) is 11.8 Å². The lowest BCUT2D eigenvalue weighted by atomic mass is 10.0. The molecule has 0 amide bonds. The summed E-state index contributed by atoms with van der Waals surface area (Å²) in [6.45, 7) is 5.46. The lowest BCUT2D eigenvalue weighted by Gasteiger charge is -2.46. The zero-order chi connectivity index (χ0) is 16.1. The molecule has 0 aliphatic carbocycles. The monoisotopic (exact) mass is 343 g/mol. The minimum absolute atomic E-state index is 0.379. The molecule has 1 aliphatic heterocycles. The molecule has 3 heterocycles. The highest BCUT2D eigenvalue weighted by atomic mass is 35.5. The van der Waals surface area contributed by atoms with E-state index in [-0.39, 0.29) is 0 Å². The van der Waals surface area contributed by atoms with Gasteiger partial charge in [-0.3, -0.25) is 0 Å². The summed E-state index contributed by atoms with van der Waals surface area (Å²) >= 11 is 6.08. The Kier molecular flexibility index (Phi) is 3.58. The number of sulfonamides is 1. The summed E-state index contributed by atoms with van der Waals surface area (Å²) in [4.78, 5) is 6.23. The molecule has 1 saturated heterocycles. The van der Waals surface area contributed by atoms with Crippen molar-refractivity contribution in [3.8, 4) is 0 Å². The minimum Gasteiger partial charge on any atom is -0.366 e. The van der Waals surface area contributed by atoms with Crippen molar-refractivity contribution in [2.24, 2.45) is 0 Å². The maximum absolute atomic E-state index is 11.9. The van der Waals surface area contributed by atoms with Crippen molar-refractivity contribution in [2.75, 3.05) is 30.8 Å². The number of hydrogen-bond acceptors (Lipinski definition) is 5. The van der Waals surface area contributed by atoms with Crippen LogP contribution < -0.4 is 4.90 Å². The predicted octanol–water partition coefficient (Wildman–Crippen LogP) is 1.24. The zero-order valence-electron chi connectivity index (χ0n) is 12.7. The van der Waals surface area contributed by atoms with Gasteiger partial charge < -0.3 is 4.90 Å². The highest BCUT2D eigenvalue weighted by Gasteiger charge is 2.39. The third-order valence-electron chi connectivity index (χ3n) is 3.91. The van der Waals surface area contributed by atoms with Gasteiger partial charge in [0.25, 0.3) is 0 Å². The molecule has 0 spiro atoms. The van der Waals surface area contributed by atoms with Crippen molar-refractivity contribution in [3.63, 3.8) is 0 Å². The molecule has 0 aromatic carbocycles. The molecular formula is C13H18ClN5O2S. The standard InChI is InChI=1S/C13H18ClN5O2S/c1-13(2)8-17(4-5-19(13)22(3,20)21)10-6-12(14)16-18-9-15-7-11(10)18/h6-7,9H,4-5,8H2,1-3H3. The Labute approximate surface area is 134 Å². The van der Waals surface area contributed by atoms with E-state index in [2.05, 4.69) is 15.0 Å². The fraction of sp³-hybridized carbons (Fsp3) is 0.538. The van der Waals surface area contributed by atoms with Gasteiger partial charge in [-0.2, -0.15) is 9.40 Å². The average molecular weight is 344 g/mol. The maximum atomic E-state index is 11.9. The van der Waals surface area contributed by atoms with Crippen LogP contribution in [0.1, 0.15) is 13.8 Å². The first kappa shape index (κ1) is 15.5. The van der Waals surface area contributed by atoms with E-state index < -0.39 is 15.6 Å².